The molecule has 1 saturated heterocycles. The van der Waals surface area contributed by atoms with E-state index in [4.69, 9.17) is 5.11 Å². The van der Waals surface area contributed by atoms with Crippen molar-refractivity contribution in [2.24, 2.45) is 0 Å². The van der Waals surface area contributed by atoms with Gasteiger partial charge in [-0.05, 0) is 33.9 Å². The van der Waals surface area contributed by atoms with Gasteiger partial charge in [0.1, 0.15) is 5.78 Å². The normalized spacial score (nSPS) is 12.9. The molecule has 1 fully saturated rings. The molecule has 0 unspecified atom stereocenters. The van der Waals surface area contributed by atoms with Crippen molar-refractivity contribution in [2.45, 2.75) is 126 Å². The van der Waals surface area contributed by atoms with Gasteiger partial charge in [-0.1, -0.05) is 105 Å². The number of aliphatic hydroxyl groups is 1. The smallest absolute Gasteiger partial charge is 0.126 e. The van der Waals surface area contributed by atoms with E-state index in [1.807, 2.05) is 13.8 Å². The number of rotatable bonds is 12. The number of nitrogens with zero attached hydrogens (tertiary/aromatic N) is 2. The third-order valence-corrected chi connectivity index (χ3v) is 4.57. The molecule has 0 aromatic rings. The lowest BCUT2D eigenvalue weighted by Gasteiger charge is -2.14. The van der Waals surface area contributed by atoms with Crippen LogP contribution in [0.1, 0.15) is 126 Å². The molecule has 0 saturated carbocycles. The topological polar surface area (TPSA) is 43.8 Å². The maximum Gasteiger partial charge on any atom is 0.126 e. The van der Waals surface area contributed by atoms with Crippen LogP contribution in [-0.2, 0) is 4.79 Å². The second-order valence-corrected chi connectivity index (χ2v) is 7.93. The minimum Gasteiger partial charge on any atom is -0.400 e. The fourth-order valence-corrected chi connectivity index (χ4v) is 2.80. The van der Waals surface area contributed by atoms with Crippen LogP contribution in [-0.4, -0.2) is 61.2 Å². The van der Waals surface area contributed by atoms with Crippen LogP contribution in [0.25, 0.3) is 0 Å². The van der Waals surface area contributed by atoms with E-state index >= 15 is 0 Å². The van der Waals surface area contributed by atoms with Crippen molar-refractivity contribution >= 4 is 5.78 Å². The fraction of sp³-hybridized carbons (Fsp3) is 0.962. The fourth-order valence-electron chi connectivity index (χ4n) is 2.80. The van der Waals surface area contributed by atoms with E-state index in [1.165, 1.54) is 117 Å². The van der Waals surface area contributed by atoms with Crippen molar-refractivity contribution in [3.63, 3.8) is 0 Å². The quantitative estimate of drug-likeness (QED) is 0.333. The Labute approximate surface area is 191 Å². The molecule has 1 aliphatic rings. The van der Waals surface area contributed by atoms with E-state index in [0.717, 1.165) is 7.11 Å². The predicted molar refractivity (Wildman–Crippen MR) is 137 cm³/mol. The Kier molecular flexibility index (Phi) is 44.2. The molecule has 30 heavy (non-hydrogen) atoms. The van der Waals surface area contributed by atoms with E-state index in [9.17, 15) is 4.79 Å². The summed E-state index contributed by atoms with van der Waals surface area (Å²) in [7, 11) is 3.22. The lowest BCUT2D eigenvalue weighted by atomic mass is 10.1. The number of hydrogen-bond acceptors (Lipinski definition) is 4. The molecule has 0 radical (unpaired) electrons. The van der Waals surface area contributed by atoms with Crippen molar-refractivity contribution in [3.8, 4) is 0 Å². The van der Waals surface area contributed by atoms with Crippen LogP contribution in [0.4, 0.5) is 0 Å². The number of carbonyl (C=O) groups excluding carboxylic acids is 1. The second-order valence-electron chi connectivity index (χ2n) is 7.93. The van der Waals surface area contributed by atoms with E-state index < -0.39 is 0 Å². The first-order chi connectivity index (χ1) is 14.5. The molecule has 4 nitrogen and oxygen atoms in total. The zero-order valence-corrected chi connectivity index (χ0v) is 22.6. The van der Waals surface area contributed by atoms with E-state index in [-0.39, 0.29) is 5.78 Å². The Morgan fingerprint density at radius 2 is 1.07 bits per heavy atom. The first-order valence-corrected chi connectivity index (χ1v) is 12.8. The Balaban J connectivity index is -0.000000234. The maximum atomic E-state index is 9.44. The average molecular weight is 433 g/mol. The summed E-state index contributed by atoms with van der Waals surface area (Å²) in [5.41, 5.74) is 0. The molecule has 186 valence electrons. The van der Waals surface area contributed by atoms with Gasteiger partial charge in [0, 0.05) is 20.2 Å². The molecule has 1 N–H and O–H groups in total. The summed E-state index contributed by atoms with van der Waals surface area (Å²) in [5, 5.41) is 7.00. The van der Waals surface area contributed by atoms with Crippen LogP contribution in [0.3, 0.4) is 0 Å². The van der Waals surface area contributed by atoms with Gasteiger partial charge in [0.25, 0.3) is 0 Å². The largest absolute Gasteiger partial charge is 0.400 e. The van der Waals surface area contributed by atoms with Crippen LogP contribution < -0.4 is 0 Å². The van der Waals surface area contributed by atoms with Gasteiger partial charge in [-0.15, -0.1) is 0 Å². The Hall–Kier alpha value is -0.450. The third kappa shape index (κ3) is 41.8. The molecule has 0 amide bonds. The van der Waals surface area contributed by atoms with Gasteiger partial charge in [-0.2, -0.15) is 0 Å². The highest BCUT2D eigenvalue weighted by Crippen LogP contribution is 2.11. The molecular weight excluding hydrogens is 372 g/mol. The Morgan fingerprint density at radius 3 is 1.37 bits per heavy atom. The predicted octanol–water partition coefficient (Wildman–Crippen LogP) is 7.15. The molecule has 4 heteroatoms. The van der Waals surface area contributed by atoms with Gasteiger partial charge in [-0.25, -0.2) is 0 Å². The average Bonchev–Trinajstić information content (AvgIpc) is 3.17. The molecule has 0 aromatic carbocycles. The Bertz CT molecular complexity index is 280. The first-order valence-electron chi connectivity index (χ1n) is 12.8. The van der Waals surface area contributed by atoms with Gasteiger partial charge in [0.2, 0.25) is 0 Å². The number of unbranched alkanes of at least 4 members (excludes halogenated alkanes) is 10. The zero-order chi connectivity index (χ0) is 24.0. The van der Waals surface area contributed by atoms with E-state index in [2.05, 4.69) is 37.6 Å². The molecule has 0 aromatic heterocycles. The minimum atomic E-state index is 0.167. The zero-order valence-electron chi connectivity index (χ0n) is 22.6. The SMILES string of the molecule is CC.CC(C)=O.CCCC.CCCCCCCCCCCCN1CCN(C)C1.CO. The van der Waals surface area contributed by atoms with Crippen LogP contribution in [0.15, 0.2) is 0 Å². The number of Topliss-reactive ketones (excluding diaryl/α,β-unsaturated/α-hetero) is 1. The first kappa shape index (κ1) is 36.9. The van der Waals surface area contributed by atoms with Crippen LogP contribution in [0, 0.1) is 0 Å². The minimum absolute atomic E-state index is 0.167. The number of hydrogen-bond donors (Lipinski definition) is 1. The lowest BCUT2D eigenvalue weighted by Crippen LogP contribution is -2.24. The molecule has 0 bridgehead atoms. The van der Waals surface area contributed by atoms with Crippen LogP contribution >= 0.6 is 0 Å². The van der Waals surface area contributed by atoms with Crippen molar-refractivity contribution < 1.29 is 9.90 Å². The summed E-state index contributed by atoms with van der Waals surface area (Å²) in [6, 6.07) is 0. The highest BCUT2D eigenvalue weighted by atomic mass is 16.2. The van der Waals surface area contributed by atoms with Crippen LogP contribution in [0.5, 0.6) is 0 Å². The van der Waals surface area contributed by atoms with Crippen LogP contribution in [0.2, 0.25) is 0 Å². The summed E-state index contributed by atoms with van der Waals surface area (Å²) >= 11 is 0. The number of ketones is 1. The highest BCUT2D eigenvalue weighted by molar-refractivity contribution is 5.72. The van der Waals surface area contributed by atoms with Gasteiger partial charge in [0.05, 0.1) is 6.67 Å². The monoisotopic (exact) mass is 432 g/mol. The second kappa shape index (κ2) is 36.0. The van der Waals surface area contributed by atoms with Gasteiger partial charge >= 0.3 is 0 Å². The van der Waals surface area contributed by atoms with Crippen molar-refractivity contribution in [1.82, 2.24) is 9.80 Å². The maximum absolute atomic E-state index is 9.44. The lowest BCUT2D eigenvalue weighted by molar-refractivity contribution is -0.114. The van der Waals surface area contributed by atoms with Crippen molar-refractivity contribution in [3.05, 3.63) is 0 Å². The summed E-state index contributed by atoms with van der Waals surface area (Å²) in [6.45, 7) is 18.8. The Morgan fingerprint density at radius 1 is 0.700 bits per heavy atom. The van der Waals surface area contributed by atoms with Gasteiger partial charge < -0.3 is 9.90 Å². The van der Waals surface area contributed by atoms with E-state index in [1.54, 1.807) is 0 Å². The molecule has 0 atom stereocenters. The molecule has 1 rings (SSSR count). The standard InChI is InChI=1S/C16H34N2.C4H10.C3H6O.C2H6.CH4O/c1-3-4-5-6-7-8-9-10-11-12-13-18-15-14-17(2)16-18;1-3-4-2;1-3(2)4;2*1-2/h3-16H2,1-2H3;3-4H2,1-2H3;1-2H3;1-2H3;2H,1H3. The molecule has 1 aliphatic heterocycles. The summed E-state index contributed by atoms with van der Waals surface area (Å²) in [6.07, 6.45) is 17.1. The molecular formula is C26H60N2O2. The number of carbonyl (C=O) groups is 1. The molecule has 0 aliphatic carbocycles. The number of aliphatic hydroxyl groups excluding tert-OH is 1. The van der Waals surface area contributed by atoms with Crippen molar-refractivity contribution in [2.75, 3.05) is 40.5 Å². The summed E-state index contributed by atoms with van der Waals surface area (Å²) < 4.78 is 0. The summed E-state index contributed by atoms with van der Waals surface area (Å²) in [5.74, 6) is 0.167. The highest BCUT2D eigenvalue weighted by Gasteiger charge is 2.14. The third-order valence-electron chi connectivity index (χ3n) is 4.57. The molecule has 0 spiro atoms. The number of likely N-dealkylation sites (N-methyl/N-ethyl adjacent to an activating group) is 1. The van der Waals surface area contributed by atoms with Gasteiger partial charge in [0.15, 0.2) is 0 Å². The van der Waals surface area contributed by atoms with E-state index in [0.29, 0.717) is 0 Å². The molecule has 1 heterocycles. The summed E-state index contributed by atoms with van der Waals surface area (Å²) in [4.78, 5) is 14.4. The van der Waals surface area contributed by atoms with Crippen molar-refractivity contribution in [1.29, 1.82) is 0 Å². The van der Waals surface area contributed by atoms with Gasteiger partial charge in [-0.3, -0.25) is 9.80 Å².